The molecule has 18 heavy (non-hydrogen) atoms. The Bertz CT molecular complexity index is 380. The van der Waals surface area contributed by atoms with E-state index >= 15 is 0 Å². The van der Waals surface area contributed by atoms with Gasteiger partial charge in [0.15, 0.2) is 0 Å². The van der Waals surface area contributed by atoms with Gasteiger partial charge in [0.05, 0.1) is 6.54 Å². The number of nitrogens with one attached hydrogen (secondary N) is 1. The highest BCUT2D eigenvalue weighted by atomic mass is 16.5. The van der Waals surface area contributed by atoms with Crippen LogP contribution in [0.2, 0.25) is 0 Å². The van der Waals surface area contributed by atoms with E-state index in [1.165, 1.54) is 0 Å². The maximum Gasteiger partial charge on any atom is 0.221 e. The molecule has 100 valence electrons. The Morgan fingerprint density at radius 1 is 1.44 bits per heavy atom. The molecule has 3 N–H and O–H groups in total. The van der Waals surface area contributed by atoms with Gasteiger partial charge < -0.3 is 20.7 Å². The van der Waals surface area contributed by atoms with Gasteiger partial charge in [-0.15, -0.1) is 0 Å². The van der Waals surface area contributed by atoms with E-state index in [1.807, 2.05) is 31.1 Å². The molecule has 1 amide bonds. The predicted molar refractivity (Wildman–Crippen MR) is 72.5 cm³/mol. The van der Waals surface area contributed by atoms with Crippen LogP contribution in [0.4, 0.5) is 5.69 Å². The highest BCUT2D eigenvalue weighted by Gasteiger charge is 2.01. The van der Waals surface area contributed by atoms with Crippen molar-refractivity contribution in [1.82, 2.24) is 10.2 Å². The number of benzene rings is 1. The number of nitrogens with two attached hydrogens (primary N) is 1. The van der Waals surface area contributed by atoms with Crippen molar-refractivity contribution in [2.24, 2.45) is 0 Å². The first-order valence-electron chi connectivity index (χ1n) is 5.97. The molecule has 0 atom stereocenters. The highest BCUT2D eigenvalue weighted by Crippen LogP contribution is 2.13. The minimum absolute atomic E-state index is 0.0416. The van der Waals surface area contributed by atoms with Crippen LogP contribution in [-0.4, -0.2) is 44.6 Å². The van der Waals surface area contributed by atoms with Crippen LogP contribution in [0, 0.1) is 0 Å². The molecule has 0 radical (unpaired) electrons. The van der Waals surface area contributed by atoms with Gasteiger partial charge in [-0.3, -0.25) is 4.79 Å². The van der Waals surface area contributed by atoms with E-state index < -0.39 is 0 Å². The van der Waals surface area contributed by atoms with Crippen LogP contribution < -0.4 is 15.8 Å². The van der Waals surface area contributed by atoms with Gasteiger partial charge in [-0.05, 0) is 26.2 Å². The molecule has 0 unspecified atom stereocenters. The SMILES string of the molecule is CN(C)CCC(=O)NCCOc1cccc(N)c1. The molecule has 1 rings (SSSR count). The molecule has 0 bridgehead atoms. The number of hydrogen-bond donors (Lipinski definition) is 2. The molecule has 0 heterocycles. The molecule has 0 aliphatic rings. The number of hydrogen-bond acceptors (Lipinski definition) is 4. The quantitative estimate of drug-likeness (QED) is 0.553. The molecule has 0 spiro atoms. The number of nitrogen functional groups attached to an aromatic ring is 1. The van der Waals surface area contributed by atoms with Crippen molar-refractivity contribution < 1.29 is 9.53 Å². The summed E-state index contributed by atoms with van der Waals surface area (Å²) in [7, 11) is 3.88. The van der Waals surface area contributed by atoms with Crippen LogP contribution in [0.3, 0.4) is 0 Å². The number of carbonyl (C=O) groups is 1. The maximum absolute atomic E-state index is 11.4. The second-order valence-corrected chi connectivity index (χ2v) is 4.32. The molecular formula is C13H21N3O2. The second kappa shape index (κ2) is 7.55. The first-order chi connectivity index (χ1) is 8.58. The van der Waals surface area contributed by atoms with Crippen LogP contribution in [0.25, 0.3) is 0 Å². The zero-order valence-corrected chi connectivity index (χ0v) is 11.0. The highest BCUT2D eigenvalue weighted by molar-refractivity contribution is 5.76. The minimum atomic E-state index is 0.0416. The summed E-state index contributed by atoms with van der Waals surface area (Å²) in [5.74, 6) is 0.761. The van der Waals surface area contributed by atoms with Crippen LogP contribution in [0.15, 0.2) is 24.3 Å². The molecule has 1 aromatic rings. The molecule has 0 aliphatic heterocycles. The predicted octanol–water partition coefficient (Wildman–Crippen LogP) is 0.715. The minimum Gasteiger partial charge on any atom is -0.492 e. The van der Waals surface area contributed by atoms with Gasteiger partial charge in [0.1, 0.15) is 12.4 Å². The van der Waals surface area contributed by atoms with Gasteiger partial charge in [-0.1, -0.05) is 6.07 Å². The summed E-state index contributed by atoms with van der Waals surface area (Å²) in [5.41, 5.74) is 6.29. The number of nitrogens with zero attached hydrogens (tertiary/aromatic N) is 1. The zero-order chi connectivity index (χ0) is 13.4. The Hall–Kier alpha value is -1.75. The van der Waals surface area contributed by atoms with E-state index in [1.54, 1.807) is 12.1 Å². The fourth-order valence-electron chi connectivity index (χ4n) is 1.38. The van der Waals surface area contributed by atoms with Crippen LogP contribution in [0.1, 0.15) is 6.42 Å². The lowest BCUT2D eigenvalue weighted by molar-refractivity contribution is -0.121. The van der Waals surface area contributed by atoms with Crippen molar-refractivity contribution in [3.05, 3.63) is 24.3 Å². The number of amides is 1. The lowest BCUT2D eigenvalue weighted by atomic mass is 10.3. The molecule has 0 aliphatic carbocycles. The molecule has 0 saturated heterocycles. The van der Waals surface area contributed by atoms with Crippen molar-refractivity contribution in [3.8, 4) is 5.75 Å². The second-order valence-electron chi connectivity index (χ2n) is 4.32. The molecule has 0 fully saturated rings. The van der Waals surface area contributed by atoms with Crippen LogP contribution >= 0.6 is 0 Å². The van der Waals surface area contributed by atoms with Crippen LogP contribution in [0.5, 0.6) is 5.75 Å². The van der Waals surface area contributed by atoms with Crippen molar-refractivity contribution >= 4 is 11.6 Å². The summed E-state index contributed by atoms with van der Waals surface area (Å²) in [5, 5.41) is 2.80. The Morgan fingerprint density at radius 2 is 2.22 bits per heavy atom. The first kappa shape index (κ1) is 14.3. The standard InChI is InChI=1S/C13H21N3O2/c1-16(2)8-6-13(17)15-7-9-18-12-5-3-4-11(14)10-12/h3-5,10H,6-9,14H2,1-2H3,(H,15,17). The van der Waals surface area contributed by atoms with E-state index in [4.69, 9.17) is 10.5 Å². The summed E-state index contributed by atoms with van der Waals surface area (Å²) in [6, 6.07) is 7.23. The third kappa shape index (κ3) is 6.10. The molecule has 5 nitrogen and oxygen atoms in total. The topological polar surface area (TPSA) is 67.6 Å². The Balaban J connectivity index is 2.13. The fraction of sp³-hybridized carbons (Fsp3) is 0.462. The molecule has 5 heteroatoms. The van der Waals surface area contributed by atoms with E-state index in [2.05, 4.69) is 5.32 Å². The van der Waals surface area contributed by atoms with Gasteiger partial charge in [-0.25, -0.2) is 0 Å². The Kier molecular flexibility index (Phi) is 6.00. The lowest BCUT2D eigenvalue weighted by Crippen LogP contribution is -2.30. The average Bonchev–Trinajstić information content (AvgIpc) is 2.32. The van der Waals surface area contributed by atoms with Crippen molar-refractivity contribution in [1.29, 1.82) is 0 Å². The average molecular weight is 251 g/mol. The first-order valence-corrected chi connectivity index (χ1v) is 5.97. The number of ether oxygens (including phenoxy) is 1. The van der Waals surface area contributed by atoms with Gasteiger partial charge in [-0.2, -0.15) is 0 Å². The maximum atomic E-state index is 11.4. The van der Waals surface area contributed by atoms with E-state index in [-0.39, 0.29) is 5.91 Å². The largest absolute Gasteiger partial charge is 0.492 e. The Morgan fingerprint density at radius 3 is 2.89 bits per heavy atom. The van der Waals surface area contributed by atoms with E-state index in [0.717, 1.165) is 12.3 Å². The van der Waals surface area contributed by atoms with Gasteiger partial charge in [0, 0.05) is 24.7 Å². The number of carbonyl (C=O) groups excluding carboxylic acids is 1. The van der Waals surface area contributed by atoms with Crippen molar-refractivity contribution in [2.45, 2.75) is 6.42 Å². The van der Waals surface area contributed by atoms with Crippen molar-refractivity contribution in [2.75, 3.05) is 39.5 Å². The fourth-order valence-corrected chi connectivity index (χ4v) is 1.38. The lowest BCUT2D eigenvalue weighted by Gasteiger charge is -2.10. The summed E-state index contributed by atoms with van der Waals surface area (Å²) < 4.78 is 5.46. The molecular weight excluding hydrogens is 230 g/mol. The zero-order valence-electron chi connectivity index (χ0n) is 11.0. The molecule has 0 saturated carbocycles. The number of anilines is 1. The molecule has 0 aromatic heterocycles. The summed E-state index contributed by atoms with van der Waals surface area (Å²) in [6.07, 6.45) is 0.505. The summed E-state index contributed by atoms with van der Waals surface area (Å²) >= 11 is 0. The molecule has 1 aromatic carbocycles. The summed E-state index contributed by atoms with van der Waals surface area (Å²) in [6.45, 7) is 1.69. The van der Waals surface area contributed by atoms with Gasteiger partial charge in [0.2, 0.25) is 5.91 Å². The monoisotopic (exact) mass is 251 g/mol. The smallest absolute Gasteiger partial charge is 0.221 e. The normalized spacial score (nSPS) is 10.4. The van der Waals surface area contributed by atoms with Crippen molar-refractivity contribution in [3.63, 3.8) is 0 Å². The Labute approximate surface area is 108 Å². The van der Waals surface area contributed by atoms with E-state index in [9.17, 15) is 4.79 Å². The third-order valence-electron chi connectivity index (χ3n) is 2.34. The number of rotatable bonds is 7. The summed E-state index contributed by atoms with van der Waals surface area (Å²) in [4.78, 5) is 13.4. The van der Waals surface area contributed by atoms with Gasteiger partial charge >= 0.3 is 0 Å². The van der Waals surface area contributed by atoms with Crippen LogP contribution in [-0.2, 0) is 4.79 Å². The van der Waals surface area contributed by atoms with E-state index in [0.29, 0.717) is 25.3 Å². The van der Waals surface area contributed by atoms with Gasteiger partial charge in [0.25, 0.3) is 0 Å². The third-order valence-corrected chi connectivity index (χ3v) is 2.34.